The summed E-state index contributed by atoms with van der Waals surface area (Å²) in [6.45, 7) is 0.942. The summed E-state index contributed by atoms with van der Waals surface area (Å²) in [5, 5.41) is 17.0. The van der Waals surface area contributed by atoms with E-state index < -0.39 is 6.10 Å². The Morgan fingerprint density at radius 2 is 2.00 bits per heavy atom. The SMILES string of the molecule is CS[C@H]1CO[C@H]2[C@@H]1OC[C@H]2ON(O)O. The van der Waals surface area contributed by atoms with Crippen LogP contribution < -0.4 is 0 Å². The number of hydrogen-bond acceptors (Lipinski definition) is 7. The van der Waals surface area contributed by atoms with E-state index >= 15 is 0 Å². The van der Waals surface area contributed by atoms with Crippen molar-refractivity contribution in [2.24, 2.45) is 0 Å². The molecule has 4 atom stereocenters. The van der Waals surface area contributed by atoms with Crippen molar-refractivity contribution in [3.05, 3.63) is 0 Å². The Hall–Kier alpha value is 0.110. The average Bonchev–Trinajstić information content (AvgIpc) is 2.67. The number of fused-ring (bicyclic) bond motifs is 1. The molecule has 2 aliphatic heterocycles. The van der Waals surface area contributed by atoms with Gasteiger partial charge in [0.1, 0.15) is 18.3 Å². The van der Waals surface area contributed by atoms with E-state index in [1.54, 1.807) is 11.8 Å². The van der Waals surface area contributed by atoms with Gasteiger partial charge in [-0.3, -0.25) is 10.4 Å². The van der Waals surface area contributed by atoms with E-state index in [1.807, 2.05) is 6.26 Å². The molecule has 2 N–H and O–H groups in total. The van der Waals surface area contributed by atoms with Crippen molar-refractivity contribution in [1.29, 1.82) is 0 Å². The highest BCUT2D eigenvalue weighted by atomic mass is 32.2. The second kappa shape index (κ2) is 4.31. The first-order chi connectivity index (χ1) is 6.72. The second-order valence-electron chi connectivity index (χ2n) is 3.27. The van der Waals surface area contributed by atoms with E-state index in [4.69, 9.17) is 24.7 Å². The maximum Gasteiger partial charge on any atom is 0.136 e. The number of rotatable bonds is 3. The highest BCUT2D eigenvalue weighted by molar-refractivity contribution is 7.99. The topological polar surface area (TPSA) is 71.4 Å². The quantitative estimate of drug-likeness (QED) is 0.647. The summed E-state index contributed by atoms with van der Waals surface area (Å²) in [5.74, 6) is 0. The number of ether oxygens (including phenoxy) is 2. The molecule has 0 aromatic heterocycles. The summed E-state index contributed by atoms with van der Waals surface area (Å²) in [5.41, 5.74) is 0. The third-order valence-electron chi connectivity index (χ3n) is 2.49. The lowest BCUT2D eigenvalue weighted by molar-refractivity contribution is -0.507. The van der Waals surface area contributed by atoms with Gasteiger partial charge in [-0.15, -0.1) is 0 Å². The van der Waals surface area contributed by atoms with Crippen LogP contribution in [0, 0.1) is 0 Å². The number of nitrogens with zero attached hydrogens (tertiary/aromatic N) is 1. The van der Waals surface area contributed by atoms with Crippen molar-refractivity contribution in [2.75, 3.05) is 19.5 Å². The van der Waals surface area contributed by atoms with Crippen molar-refractivity contribution >= 4 is 11.8 Å². The predicted molar refractivity (Wildman–Crippen MR) is 47.1 cm³/mol. The van der Waals surface area contributed by atoms with Gasteiger partial charge in [0.05, 0.1) is 23.9 Å². The zero-order valence-electron chi connectivity index (χ0n) is 7.70. The maximum atomic E-state index is 8.51. The first kappa shape index (κ1) is 10.6. The van der Waals surface area contributed by atoms with E-state index in [0.717, 1.165) is 0 Å². The van der Waals surface area contributed by atoms with Gasteiger partial charge in [0.15, 0.2) is 0 Å². The van der Waals surface area contributed by atoms with Crippen LogP contribution in [-0.4, -0.2) is 58.8 Å². The Morgan fingerprint density at radius 1 is 1.29 bits per heavy atom. The predicted octanol–water partition coefficient (Wildman–Crippen LogP) is -0.104. The lowest BCUT2D eigenvalue weighted by Crippen LogP contribution is -2.35. The molecule has 0 unspecified atom stereocenters. The van der Waals surface area contributed by atoms with Gasteiger partial charge in [0.2, 0.25) is 0 Å². The number of hydrogen-bond donors (Lipinski definition) is 2. The highest BCUT2D eigenvalue weighted by Gasteiger charge is 2.48. The molecule has 7 heteroatoms. The maximum absolute atomic E-state index is 8.51. The largest absolute Gasteiger partial charge is 0.371 e. The van der Waals surface area contributed by atoms with E-state index in [0.29, 0.717) is 18.5 Å². The molecule has 0 aliphatic carbocycles. The van der Waals surface area contributed by atoms with Gasteiger partial charge < -0.3 is 9.47 Å². The fourth-order valence-corrected chi connectivity index (χ4v) is 2.56. The minimum atomic E-state index is -0.438. The van der Waals surface area contributed by atoms with Crippen molar-refractivity contribution in [2.45, 2.75) is 23.6 Å². The summed E-state index contributed by atoms with van der Waals surface area (Å²) in [6, 6.07) is 0. The first-order valence-electron chi connectivity index (χ1n) is 4.33. The van der Waals surface area contributed by atoms with E-state index in [-0.39, 0.29) is 17.6 Å². The summed E-state index contributed by atoms with van der Waals surface area (Å²) in [6.07, 6.45) is 1.36. The average molecular weight is 223 g/mol. The zero-order chi connectivity index (χ0) is 10.1. The zero-order valence-corrected chi connectivity index (χ0v) is 8.51. The monoisotopic (exact) mass is 223 g/mol. The Balaban J connectivity index is 1.94. The van der Waals surface area contributed by atoms with Gasteiger partial charge in [-0.2, -0.15) is 11.8 Å². The molecule has 2 fully saturated rings. The molecule has 2 rings (SSSR count). The Bertz CT molecular complexity index is 205. The standard InChI is InChI=1S/C7H13NO5S/c1-14-5-3-12-6-4(13-8(9)10)2-11-7(5)6/h4-7,9-10H,2-3H2,1H3/t4-,5+,6-,7-/m1/s1. The molecule has 14 heavy (non-hydrogen) atoms. The molecule has 2 saturated heterocycles. The first-order valence-corrected chi connectivity index (χ1v) is 5.62. The lowest BCUT2D eigenvalue weighted by Gasteiger charge is -2.17. The van der Waals surface area contributed by atoms with Crippen molar-refractivity contribution in [1.82, 2.24) is 5.39 Å². The lowest BCUT2D eigenvalue weighted by atomic mass is 10.1. The van der Waals surface area contributed by atoms with Gasteiger partial charge in [-0.1, -0.05) is 0 Å². The van der Waals surface area contributed by atoms with Crippen molar-refractivity contribution in [3.8, 4) is 0 Å². The highest BCUT2D eigenvalue weighted by Crippen LogP contribution is 2.33. The minimum absolute atomic E-state index is 0.00468. The molecule has 2 heterocycles. The minimum Gasteiger partial charge on any atom is -0.371 e. The molecule has 0 saturated carbocycles. The molecule has 0 aromatic rings. The molecule has 0 radical (unpaired) electrons. The molecule has 82 valence electrons. The molecule has 0 aromatic carbocycles. The molecule has 2 aliphatic rings. The van der Waals surface area contributed by atoms with Crippen LogP contribution in [0.15, 0.2) is 0 Å². The molecule has 0 bridgehead atoms. The van der Waals surface area contributed by atoms with E-state index in [1.165, 1.54) is 0 Å². The van der Waals surface area contributed by atoms with Crippen LogP contribution >= 0.6 is 11.8 Å². The smallest absolute Gasteiger partial charge is 0.136 e. The van der Waals surface area contributed by atoms with Gasteiger partial charge in [-0.05, 0) is 6.26 Å². The Kier molecular flexibility index (Phi) is 3.27. The molecular weight excluding hydrogens is 210 g/mol. The van der Waals surface area contributed by atoms with Crippen LogP contribution in [0.4, 0.5) is 0 Å². The van der Waals surface area contributed by atoms with Crippen LogP contribution in [0.1, 0.15) is 0 Å². The van der Waals surface area contributed by atoms with Gasteiger partial charge in [-0.25, -0.2) is 4.84 Å². The van der Waals surface area contributed by atoms with E-state index in [2.05, 4.69) is 0 Å². The number of thioether (sulfide) groups is 1. The Labute approximate surface area is 85.6 Å². The van der Waals surface area contributed by atoms with E-state index in [9.17, 15) is 0 Å². The van der Waals surface area contributed by atoms with Crippen molar-refractivity contribution in [3.63, 3.8) is 0 Å². The molecule has 6 nitrogen and oxygen atoms in total. The Morgan fingerprint density at radius 3 is 2.64 bits per heavy atom. The normalized spacial score (nSPS) is 42.0. The van der Waals surface area contributed by atoms with Crippen molar-refractivity contribution < 1.29 is 24.7 Å². The third-order valence-corrected chi connectivity index (χ3v) is 3.50. The summed E-state index contributed by atoms with van der Waals surface area (Å²) < 4.78 is 10.9. The molecule has 0 spiro atoms. The fraction of sp³-hybridized carbons (Fsp3) is 1.00. The third kappa shape index (κ3) is 1.89. The van der Waals surface area contributed by atoms with Crippen LogP contribution in [0.2, 0.25) is 0 Å². The fourth-order valence-electron chi connectivity index (χ4n) is 1.84. The van der Waals surface area contributed by atoms with Gasteiger partial charge >= 0.3 is 0 Å². The van der Waals surface area contributed by atoms with Gasteiger partial charge in [0.25, 0.3) is 0 Å². The molecular formula is C7H13NO5S. The van der Waals surface area contributed by atoms with Crippen LogP contribution in [0.3, 0.4) is 0 Å². The second-order valence-corrected chi connectivity index (χ2v) is 4.34. The van der Waals surface area contributed by atoms with Crippen LogP contribution in [-0.2, 0) is 14.3 Å². The summed E-state index contributed by atoms with van der Waals surface area (Å²) in [4.78, 5) is 4.70. The summed E-state index contributed by atoms with van der Waals surface area (Å²) in [7, 11) is 0. The summed E-state index contributed by atoms with van der Waals surface area (Å²) >= 11 is 1.69. The van der Waals surface area contributed by atoms with Crippen LogP contribution in [0.5, 0.6) is 0 Å². The van der Waals surface area contributed by atoms with Crippen LogP contribution in [0.25, 0.3) is 0 Å². The van der Waals surface area contributed by atoms with Gasteiger partial charge in [0, 0.05) is 0 Å². The molecule has 0 amide bonds.